The van der Waals surface area contributed by atoms with Crippen molar-refractivity contribution in [3.8, 4) is 0 Å². The fourth-order valence-electron chi connectivity index (χ4n) is 0. The summed E-state index contributed by atoms with van der Waals surface area (Å²) in [4.78, 5) is 0. The Hall–Kier alpha value is 0.184. The van der Waals surface area contributed by atoms with E-state index in [1.165, 1.54) is 0 Å². The van der Waals surface area contributed by atoms with Gasteiger partial charge in [-0.25, -0.2) is 0 Å². The summed E-state index contributed by atoms with van der Waals surface area (Å²) in [7, 11) is 0. The molecule has 0 aliphatic carbocycles. The van der Waals surface area contributed by atoms with Gasteiger partial charge < -0.3 is 52.6 Å². The van der Waals surface area contributed by atoms with E-state index in [-0.39, 0.29) is 18.6 Å². The predicted octanol–water partition coefficient (Wildman–Crippen LogP) is -5.90. The summed E-state index contributed by atoms with van der Waals surface area (Å²) in [6.45, 7) is 0. The van der Waals surface area contributed by atoms with Gasteiger partial charge in [-0.2, -0.15) is 0 Å². The molecule has 0 unspecified atom stereocenters. The molecule has 0 atom stereocenters. The fraction of sp³-hybridized carbons (Fsp3) is 0. The minimum Gasteiger partial charge on any atom is -0.727 e. The van der Waals surface area contributed by atoms with Crippen LogP contribution in [0.4, 0.5) is 0 Å². The second kappa shape index (κ2) is 25300. The Bertz CT molecular complexity index is 4.83. The van der Waals surface area contributed by atoms with Crippen molar-refractivity contribution in [3.63, 3.8) is 0 Å². The van der Waals surface area contributed by atoms with Crippen LogP contribution in [0.3, 0.4) is 0 Å². The molecular weight excluding hydrogens is 211 g/mol. The molecule has 0 aliphatic rings. The van der Waals surface area contributed by atoms with Crippen LogP contribution in [0.15, 0.2) is 0 Å². The maximum Gasteiger partial charge on any atom is 0 e. The normalized spacial score (nSPS) is 2.73. The summed E-state index contributed by atoms with van der Waals surface area (Å²) in [5, 5.41) is 65.0. The van der Waals surface area contributed by atoms with Crippen LogP contribution in [0.1, 0.15) is 0 Å². The summed E-state index contributed by atoms with van der Waals surface area (Å²) < 4.78 is 0. The second-order valence-corrected chi connectivity index (χ2v) is 0. The smallest absolute Gasteiger partial charge is 0 e. The van der Waals surface area contributed by atoms with Gasteiger partial charge in [-0.15, -0.1) is 0 Å². The molecule has 0 rings (SSSR count). The molecule has 0 aromatic heterocycles. The third-order valence-corrected chi connectivity index (χ3v) is 0. The average Bonchev–Trinajstić information content (AvgIpc) is 2.20. The molecule has 75 valence electrons. The summed E-state index contributed by atoms with van der Waals surface area (Å²) in [5.41, 5.74) is 0. The Balaban J connectivity index is -0.00000000694. The van der Waals surface area contributed by atoms with Gasteiger partial charge in [0.2, 0.25) is 0 Å². The van der Waals surface area contributed by atoms with Crippen LogP contribution in [0.25, 0.3) is 0 Å². The average molecular weight is 216 g/mol. The van der Waals surface area contributed by atoms with Crippen LogP contribution in [0, 0.1) is 0 Å². The Labute approximate surface area is 72.0 Å². The Morgan fingerprint density at radius 3 is 0.364 bits per heavy atom. The van der Waals surface area contributed by atoms with E-state index in [0.717, 1.165) is 0 Å². The van der Waals surface area contributed by atoms with Crippen molar-refractivity contribution < 1.29 is 71.1 Å². The first-order valence-corrected chi connectivity index (χ1v) is 0.913. The summed E-state index contributed by atoms with van der Waals surface area (Å²) >= 11 is 0. The number of rotatable bonds is 0. The molecule has 0 heterocycles. The van der Waals surface area contributed by atoms with E-state index >= 15 is 0 Å². The minimum absolute atomic E-state index is 0. The molecule has 0 amide bonds. The van der Waals surface area contributed by atoms with Crippen LogP contribution in [-0.4, -0.2) is 26.3 Å². The first kappa shape index (κ1) is 43.2. The van der Waals surface area contributed by atoms with Crippen LogP contribution in [0.5, 0.6) is 0 Å². The zero-order chi connectivity index (χ0) is 10.0. The standard InChI is InChI=1S/5H2O2.V/c5*1-2;/h5*1-2H;/p-5. The van der Waals surface area contributed by atoms with Crippen molar-refractivity contribution in [1.29, 1.82) is 0 Å². The van der Waals surface area contributed by atoms with Crippen LogP contribution >= 0.6 is 0 Å². The van der Waals surface area contributed by atoms with Gasteiger partial charge >= 0.3 is 0 Å². The maximum atomic E-state index is 7.25. The topological polar surface area (TPSA) is 216 Å². The molecule has 0 bridgehead atoms. The molecule has 0 spiro atoms. The molecule has 1 radical (unpaired) electrons. The molecule has 0 saturated heterocycles. The molecule has 10 nitrogen and oxygen atoms in total. The van der Waals surface area contributed by atoms with E-state index in [9.17, 15) is 0 Å². The van der Waals surface area contributed by atoms with Gasteiger partial charge in [0.1, 0.15) is 0 Å². The molecule has 0 aromatic carbocycles. The van der Waals surface area contributed by atoms with Crippen molar-refractivity contribution in [2.45, 2.75) is 0 Å². The third-order valence-electron chi connectivity index (χ3n) is 0. The Kier molecular flexibility index (Phi) is 99100. The van der Waals surface area contributed by atoms with E-state index in [2.05, 4.69) is 0 Å². The van der Waals surface area contributed by atoms with Crippen LogP contribution < -0.4 is 26.3 Å². The molecular formula is H5O10V-5. The fourth-order valence-corrected chi connectivity index (χ4v) is 0. The van der Waals surface area contributed by atoms with Gasteiger partial charge in [0, 0.05) is 18.6 Å². The second-order valence-electron chi connectivity index (χ2n) is 0. The molecule has 0 aromatic rings. The van der Waals surface area contributed by atoms with E-state index in [1.54, 1.807) is 0 Å². The van der Waals surface area contributed by atoms with Crippen molar-refractivity contribution in [2.75, 3.05) is 0 Å². The molecule has 0 fully saturated rings. The summed E-state index contributed by atoms with van der Waals surface area (Å²) in [6.07, 6.45) is 0. The Morgan fingerprint density at radius 1 is 0.364 bits per heavy atom. The van der Waals surface area contributed by atoms with Gasteiger partial charge in [0.25, 0.3) is 0 Å². The molecule has 11 heavy (non-hydrogen) atoms. The van der Waals surface area contributed by atoms with Crippen molar-refractivity contribution in [3.05, 3.63) is 0 Å². The van der Waals surface area contributed by atoms with Gasteiger partial charge in [-0.3, -0.25) is 0 Å². The van der Waals surface area contributed by atoms with E-state index in [4.69, 9.17) is 52.6 Å². The predicted molar refractivity (Wildman–Crippen MR) is 13.1 cm³/mol. The van der Waals surface area contributed by atoms with E-state index in [1.807, 2.05) is 0 Å². The van der Waals surface area contributed by atoms with Crippen LogP contribution in [-0.2, 0) is 18.6 Å². The Morgan fingerprint density at radius 2 is 0.364 bits per heavy atom. The van der Waals surface area contributed by atoms with Crippen molar-refractivity contribution >= 4 is 0 Å². The van der Waals surface area contributed by atoms with Crippen molar-refractivity contribution in [1.82, 2.24) is 0 Å². The molecule has 0 saturated carbocycles. The van der Waals surface area contributed by atoms with Gasteiger partial charge in [-0.1, -0.05) is 0 Å². The molecule has 0 aliphatic heterocycles. The largest absolute Gasteiger partial charge is 0.727 e. The maximum absolute atomic E-state index is 7.25. The van der Waals surface area contributed by atoms with E-state index in [0.29, 0.717) is 0 Å². The van der Waals surface area contributed by atoms with Gasteiger partial charge in [0.15, 0.2) is 0 Å². The van der Waals surface area contributed by atoms with Crippen molar-refractivity contribution in [2.24, 2.45) is 0 Å². The SMILES string of the molecule is [O-]O.[O-]O.[O-]O.[O-]O.[O-]O.[V]. The zero-order valence-corrected chi connectivity index (χ0v) is 6.12. The zero-order valence-electron chi connectivity index (χ0n) is 4.72. The molecule has 11 heteroatoms. The summed E-state index contributed by atoms with van der Waals surface area (Å²) in [5.74, 6) is 0. The number of hydrogen-bond donors (Lipinski definition) is 5. The first-order chi connectivity index (χ1) is 5.00. The molecule has 5 N–H and O–H groups in total. The first-order valence-electron chi connectivity index (χ1n) is 0.913. The minimum atomic E-state index is 0. The monoisotopic (exact) mass is 216 g/mol. The summed E-state index contributed by atoms with van der Waals surface area (Å²) in [6, 6.07) is 0. The quantitative estimate of drug-likeness (QED) is 0.190. The van der Waals surface area contributed by atoms with Crippen LogP contribution in [0.2, 0.25) is 0 Å². The van der Waals surface area contributed by atoms with Gasteiger partial charge in [0.05, 0.1) is 0 Å². The number of hydrogen-bond acceptors (Lipinski definition) is 10. The third kappa shape index (κ3) is 20100. The van der Waals surface area contributed by atoms with E-state index < -0.39 is 0 Å². The van der Waals surface area contributed by atoms with Gasteiger partial charge in [-0.05, 0) is 0 Å².